The highest BCUT2D eigenvalue weighted by molar-refractivity contribution is 6.30. The molecular formula is C19H28ClN3O3. The zero-order valence-corrected chi connectivity index (χ0v) is 16.3. The third kappa shape index (κ3) is 4.88. The molecule has 1 atom stereocenters. The fourth-order valence-electron chi connectivity index (χ4n) is 3.40. The van der Waals surface area contributed by atoms with E-state index in [1.807, 2.05) is 29.2 Å². The summed E-state index contributed by atoms with van der Waals surface area (Å²) in [6.07, 6.45) is -0.112. The molecule has 1 N–H and O–H groups in total. The van der Waals surface area contributed by atoms with E-state index < -0.39 is 0 Å². The molecule has 0 radical (unpaired) electrons. The average molecular weight is 382 g/mol. The molecule has 7 heteroatoms. The van der Waals surface area contributed by atoms with Gasteiger partial charge in [-0.05, 0) is 31.5 Å². The highest BCUT2D eigenvalue weighted by atomic mass is 35.5. The average Bonchev–Trinajstić information content (AvgIpc) is 2.67. The van der Waals surface area contributed by atoms with Crippen LogP contribution in [-0.2, 0) is 9.47 Å². The quantitative estimate of drug-likeness (QED) is 0.870. The van der Waals surface area contributed by atoms with Crippen molar-refractivity contribution in [2.75, 3.05) is 52.5 Å². The van der Waals surface area contributed by atoms with Crippen molar-refractivity contribution in [2.45, 2.75) is 25.5 Å². The summed E-state index contributed by atoms with van der Waals surface area (Å²) < 4.78 is 11.3. The number of halogens is 1. The fraction of sp³-hybridized carbons (Fsp3) is 0.632. The van der Waals surface area contributed by atoms with Crippen molar-refractivity contribution in [2.24, 2.45) is 0 Å². The van der Waals surface area contributed by atoms with Gasteiger partial charge in [0.1, 0.15) is 6.10 Å². The normalized spacial score (nSPS) is 22.3. The summed E-state index contributed by atoms with van der Waals surface area (Å²) in [5.74, 6) is 0. The van der Waals surface area contributed by atoms with E-state index in [-0.39, 0.29) is 17.7 Å². The molecule has 0 bridgehead atoms. The van der Waals surface area contributed by atoms with Gasteiger partial charge in [-0.1, -0.05) is 23.7 Å². The van der Waals surface area contributed by atoms with Crippen LogP contribution in [0.1, 0.15) is 25.5 Å². The van der Waals surface area contributed by atoms with Crippen molar-refractivity contribution in [3.8, 4) is 0 Å². The van der Waals surface area contributed by atoms with E-state index in [9.17, 15) is 4.79 Å². The van der Waals surface area contributed by atoms with E-state index >= 15 is 0 Å². The molecule has 26 heavy (non-hydrogen) atoms. The summed E-state index contributed by atoms with van der Waals surface area (Å²) in [7, 11) is 0. The largest absolute Gasteiger partial charge is 0.379 e. The maximum atomic E-state index is 12.7. The van der Waals surface area contributed by atoms with Gasteiger partial charge in [0.25, 0.3) is 0 Å². The topological polar surface area (TPSA) is 54.0 Å². The highest BCUT2D eigenvalue weighted by Gasteiger charge is 2.30. The number of hydrogen-bond donors (Lipinski definition) is 1. The summed E-state index contributed by atoms with van der Waals surface area (Å²) in [6.45, 7) is 9.93. The lowest BCUT2D eigenvalue weighted by molar-refractivity contribution is -0.0190. The van der Waals surface area contributed by atoms with Crippen LogP contribution in [-0.4, -0.2) is 73.9 Å². The first-order chi connectivity index (χ1) is 12.5. The molecule has 1 aromatic rings. The van der Waals surface area contributed by atoms with Crippen LogP contribution in [0, 0.1) is 0 Å². The smallest absolute Gasteiger partial charge is 0.317 e. The lowest BCUT2D eigenvalue weighted by Crippen LogP contribution is -2.57. The minimum atomic E-state index is -0.112. The third-order valence-electron chi connectivity index (χ3n) is 5.13. The van der Waals surface area contributed by atoms with Crippen molar-refractivity contribution in [3.63, 3.8) is 0 Å². The van der Waals surface area contributed by atoms with E-state index in [0.29, 0.717) is 31.3 Å². The summed E-state index contributed by atoms with van der Waals surface area (Å²) in [6, 6.07) is 7.58. The predicted octanol–water partition coefficient (Wildman–Crippen LogP) is 2.53. The van der Waals surface area contributed by atoms with E-state index in [1.54, 1.807) is 0 Å². The molecule has 3 rings (SSSR count). The number of amides is 2. The Balaban J connectivity index is 1.53. The Bertz CT molecular complexity index is 603. The summed E-state index contributed by atoms with van der Waals surface area (Å²) in [5, 5.41) is 3.80. The van der Waals surface area contributed by atoms with Gasteiger partial charge in [-0.3, -0.25) is 4.90 Å². The van der Waals surface area contributed by atoms with Crippen LogP contribution in [0.2, 0.25) is 5.02 Å². The lowest BCUT2D eigenvalue weighted by Gasteiger charge is -2.41. The number of morpholine rings is 2. The van der Waals surface area contributed by atoms with Crippen LogP contribution in [0.15, 0.2) is 24.3 Å². The molecule has 2 saturated heterocycles. The number of nitrogens with zero attached hydrogens (tertiary/aromatic N) is 2. The SMILES string of the molecule is CC(C)(CNC(=O)N1CCOC(c2ccc(Cl)cc2)C1)N1CCOCC1. The van der Waals surface area contributed by atoms with Gasteiger partial charge >= 0.3 is 6.03 Å². The van der Waals surface area contributed by atoms with Gasteiger partial charge in [-0.15, -0.1) is 0 Å². The number of nitrogens with one attached hydrogen (secondary N) is 1. The van der Waals surface area contributed by atoms with E-state index in [1.165, 1.54) is 0 Å². The van der Waals surface area contributed by atoms with Gasteiger partial charge in [0.15, 0.2) is 0 Å². The molecule has 0 aromatic heterocycles. The minimum absolute atomic E-state index is 0.0337. The van der Waals surface area contributed by atoms with Crippen molar-refractivity contribution in [1.82, 2.24) is 15.1 Å². The Kier molecular flexibility index (Phi) is 6.40. The molecule has 2 aliphatic heterocycles. The maximum absolute atomic E-state index is 12.7. The minimum Gasteiger partial charge on any atom is -0.379 e. The molecule has 0 spiro atoms. The van der Waals surface area contributed by atoms with Gasteiger partial charge in [0, 0.05) is 36.7 Å². The highest BCUT2D eigenvalue weighted by Crippen LogP contribution is 2.24. The van der Waals surface area contributed by atoms with Crippen LogP contribution in [0.3, 0.4) is 0 Å². The van der Waals surface area contributed by atoms with Crippen LogP contribution in [0.4, 0.5) is 4.79 Å². The van der Waals surface area contributed by atoms with Gasteiger partial charge in [-0.2, -0.15) is 0 Å². The monoisotopic (exact) mass is 381 g/mol. The molecule has 1 aromatic carbocycles. The van der Waals surface area contributed by atoms with Crippen molar-refractivity contribution >= 4 is 17.6 Å². The number of benzene rings is 1. The summed E-state index contributed by atoms with van der Waals surface area (Å²) in [5.41, 5.74) is 0.946. The second kappa shape index (κ2) is 8.57. The first-order valence-electron chi connectivity index (χ1n) is 9.18. The second-order valence-corrected chi connectivity index (χ2v) is 7.86. The summed E-state index contributed by atoms with van der Waals surface area (Å²) >= 11 is 5.95. The zero-order valence-electron chi connectivity index (χ0n) is 15.5. The second-order valence-electron chi connectivity index (χ2n) is 7.43. The van der Waals surface area contributed by atoms with E-state index in [2.05, 4.69) is 24.1 Å². The Morgan fingerprint density at radius 3 is 2.58 bits per heavy atom. The Hall–Kier alpha value is -1.34. The van der Waals surface area contributed by atoms with Crippen LogP contribution >= 0.6 is 11.6 Å². The Morgan fingerprint density at radius 2 is 1.88 bits per heavy atom. The van der Waals surface area contributed by atoms with Crippen LogP contribution < -0.4 is 5.32 Å². The van der Waals surface area contributed by atoms with Crippen molar-refractivity contribution in [3.05, 3.63) is 34.9 Å². The predicted molar refractivity (Wildman–Crippen MR) is 102 cm³/mol. The molecule has 2 amide bonds. The fourth-order valence-corrected chi connectivity index (χ4v) is 3.52. The van der Waals surface area contributed by atoms with Crippen molar-refractivity contribution < 1.29 is 14.3 Å². The third-order valence-corrected chi connectivity index (χ3v) is 5.39. The molecule has 2 aliphatic rings. The van der Waals surface area contributed by atoms with Gasteiger partial charge in [0.05, 0.1) is 26.4 Å². The summed E-state index contributed by atoms with van der Waals surface area (Å²) in [4.78, 5) is 16.9. The lowest BCUT2D eigenvalue weighted by atomic mass is 10.0. The molecule has 2 heterocycles. The van der Waals surface area contributed by atoms with E-state index in [0.717, 1.165) is 31.9 Å². The van der Waals surface area contributed by atoms with Crippen LogP contribution in [0.25, 0.3) is 0 Å². The van der Waals surface area contributed by atoms with Crippen molar-refractivity contribution in [1.29, 1.82) is 0 Å². The molecule has 0 aliphatic carbocycles. The van der Waals surface area contributed by atoms with Gasteiger partial charge in [-0.25, -0.2) is 4.79 Å². The zero-order chi connectivity index (χ0) is 18.6. The molecule has 144 valence electrons. The number of ether oxygens (including phenoxy) is 2. The molecule has 0 saturated carbocycles. The molecule has 6 nitrogen and oxygen atoms in total. The van der Waals surface area contributed by atoms with Gasteiger partial charge in [0.2, 0.25) is 0 Å². The standard InChI is InChI=1S/C19H28ClN3O3/c1-19(2,23-8-10-25-11-9-23)14-21-18(24)22-7-12-26-17(13-22)15-3-5-16(20)6-4-15/h3-6,17H,7-14H2,1-2H3,(H,21,24). The molecular weight excluding hydrogens is 354 g/mol. The van der Waals surface area contributed by atoms with Crippen LogP contribution in [0.5, 0.6) is 0 Å². The first kappa shape index (κ1) is 19.4. The van der Waals surface area contributed by atoms with Gasteiger partial charge < -0.3 is 19.7 Å². The maximum Gasteiger partial charge on any atom is 0.317 e. The molecule has 2 fully saturated rings. The number of urea groups is 1. The molecule has 1 unspecified atom stereocenters. The number of hydrogen-bond acceptors (Lipinski definition) is 4. The Labute approximate surface area is 160 Å². The number of carbonyl (C=O) groups excluding carboxylic acids is 1. The Morgan fingerprint density at radius 1 is 1.19 bits per heavy atom. The number of rotatable bonds is 4. The first-order valence-corrected chi connectivity index (χ1v) is 9.56. The van der Waals surface area contributed by atoms with E-state index in [4.69, 9.17) is 21.1 Å². The number of carbonyl (C=O) groups is 1.